The number of rotatable bonds is 5. The Hall–Kier alpha value is -1.54. The van der Waals surface area contributed by atoms with Crippen LogP contribution in [0.3, 0.4) is 0 Å². The van der Waals surface area contributed by atoms with Gasteiger partial charge in [-0.15, -0.1) is 16.9 Å². The van der Waals surface area contributed by atoms with Gasteiger partial charge in [-0.1, -0.05) is 6.07 Å². The van der Waals surface area contributed by atoms with E-state index in [1.54, 1.807) is 10.7 Å². The molecule has 6 nitrogen and oxygen atoms in total. The molecule has 0 radical (unpaired) electrons. The van der Waals surface area contributed by atoms with E-state index in [-0.39, 0.29) is 0 Å². The Morgan fingerprint density at radius 3 is 2.80 bits per heavy atom. The number of hydrogen-bond acceptors (Lipinski definition) is 6. The van der Waals surface area contributed by atoms with Crippen molar-refractivity contribution < 1.29 is 9.90 Å². The summed E-state index contributed by atoms with van der Waals surface area (Å²) in [5.41, 5.74) is 0.315. The lowest BCUT2D eigenvalue weighted by Crippen LogP contribution is -2.03. The molecule has 0 amide bonds. The number of aromatic nitrogens is 4. The Bertz CT molecular complexity index is 655. The zero-order chi connectivity index (χ0) is 14.1. The van der Waals surface area contributed by atoms with Crippen LogP contribution in [0.15, 0.2) is 33.1 Å². The molecule has 1 aliphatic carbocycles. The van der Waals surface area contributed by atoms with E-state index in [1.807, 2.05) is 18.4 Å². The topological polar surface area (TPSA) is 80.9 Å². The fraction of sp³-hybridized carbons (Fsp3) is 0.333. The fourth-order valence-electron chi connectivity index (χ4n) is 1.88. The van der Waals surface area contributed by atoms with Crippen LogP contribution in [0.25, 0.3) is 0 Å². The van der Waals surface area contributed by atoms with Gasteiger partial charge in [-0.2, -0.15) is 0 Å². The summed E-state index contributed by atoms with van der Waals surface area (Å²) in [5, 5.41) is 21.7. The van der Waals surface area contributed by atoms with Gasteiger partial charge in [-0.05, 0) is 53.4 Å². The molecule has 0 atom stereocenters. The average molecular weight is 308 g/mol. The summed E-state index contributed by atoms with van der Waals surface area (Å²) in [7, 11) is 0. The van der Waals surface area contributed by atoms with Crippen molar-refractivity contribution in [3.05, 3.63) is 23.8 Å². The van der Waals surface area contributed by atoms with Crippen molar-refractivity contribution in [2.75, 3.05) is 6.26 Å². The number of carbonyl (C=O) groups is 1. The molecule has 104 valence electrons. The summed E-state index contributed by atoms with van der Waals surface area (Å²) < 4.78 is 1.78. The molecule has 0 spiro atoms. The van der Waals surface area contributed by atoms with Crippen molar-refractivity contribution in [3.63, 3.8) is 0 Å². The molecule has 0 bridgehead atoms. The van der Waals surface area contributed by atoms with Crippen LogP contribution in [-0.4, -0.2) is 37.5 Å². The minimum absolute atomic E-state index is 0.315. The first-order valence-corrected chi connectivity index (χ1v) is 8.11. The summed E-state index contributed by atoms with van der Waals surface area (Å²) in [6.45, 7) is 0. The van der Waals surface area contributed by atoms with Crippen molar-refractivity contribution in [2.24, 2.45) is 0 Å². The van der Waals surface area contributed by atoms with Gasteiger partial charge >= 0.3 is 5.97 Å². The highest BCUT2D eigenvalue weighted by Gasteiger charge is 2.28. The smallest absolute Gasteiger partial charge is 0.337 e. The highest BCUT2D eigenvalue weighted by molar-refractivity contribution is 7.99. The average Bonchev–Trinajstić information content (AvgIpc) is 3.18. The van der Waals surface area contributed by atoms with Gasteiger partial charge in [0.05, 0.1) is 11.6 Å². The monoisotopic (exact) mass is 308 g/mol. The van der Waals surface area contributed by atoms with E-state index in [0.717, 1.165) is 17.7 Å². The number of benzene rings is 1. The van der Waals surface area contributed by atoms with Crippen LogP contribution >= 0.6 is 23.5 Å². The van der Waals surface area contributed by atoms with Crippen molar-refractivity contribution in [1.82, 2.24) is 20.2 Å². The van der Waals surface area contributed by atoms with Crippen LogP contribution in [0.5, 0.6) is 0 Å². The number of nitrogens with zero attached hydrogens (tertiary/aromatic N) is 4. The first kappa shape index (κ1) is 13.4. The van der Waals surface area contributed by atoms with E-state index in [4.69, 9.17) is 0 Å². The van der Waals surface area contributed by atoms with Crippen molar-refractivity contribution in [3.8, 4) is 0 Å². The Kier molecular flexibility index (Phi) is 3.66. The molecule has 1 aromatic carbocycles. The quantitative estimate of drug-likeness (QED) is 0.850. The Labute approximate surface area is 123 Å². The molecule has 1 heterocycles. The molecule has 0 unspecified atom stereocenters. The van der Waals surface area contributed by atoms with Gasteiger partial charge in [0.15, 0.2) is 0 Å². The predicted molar refractivity (Wildman–Crippen MR) is 75.4 cm³/mol. The number of carboxylic acids is 1. The maximum atomic E-state index is 11.5. The second kappa shape index (κ2) is 5.45. The SMILES string of the molecule is CSc1cccc(Sc2nnnn2C2CC2)c1C(=O)O. The van der Waals surface area contributed by atoms with Crippen LogP contribution in [0.4, 0.5) is 0 Å². The van der Waals surface area contributed by atoms with E-state index >= 15 is 0 Å². The first-order valence-electron chi connectivity index (χ1n) is 6.06. The molecule has 1 aliphatic rings. The largest absolute Gasteiger partial charge is 0.478 e. The number of tetrazole rings is 1. The Morgan fingerprint density at radius 1 is 1.40 bits per heavy atom. The number of aromatic carboxylic acids is 1. The minimum Gasteiger partial charge on any atom is -0.478 e. The normalized spacial score (nSPS) is 14.4. The summed E-state index contributed by atoms with van der Waals surface area (Å²) >= 11 is 2.73. The van der Waals surface area contributed by atoms with E-state index in [0.29, 0.717) is 21.7 Å². The summed E-state index contributed by atoms with van der Waals surface area (Å²) in [4.78, 5) is 12.9. The standard InChI is InChI=1S/C12H12N4O2S2/c1-19-8-3-2-4-9(10(8)11(17)18)20-12-13-14-15-16(12)7-5-6-7/h2-4,7H,5-6H2,1H3,(H,17,18). The van der Waals surface area contributed by atoms with Crippen LogP contribution in [0.1, 0.15) is 29.2 Å². The lowest BCUT2D eigenvalue weighted by Gasteiger charge is -2.09. The van der Waals surface area contributed by atoms with E-state index in [1.165, 1.54) is 23.5 Å². The Balaban J connectivity index is 1.97. The summed E-state index contributed by atoms with van der Waals surface area (Å²) in [6, 6.07) is 5.82. The van der Waals surface area contributed by atoms with Crippen LogP contribution in [-0.2, 0) is 0 Å². The lowest BCUT2D eigenvalue weighted by molar-refractivity contribution is 0.0689. The van der Waals surface area contributed by atoms with Crippen molar-refractivity contribution in [2.45, 2.75) is 33.8 Å². The van der Waals surface area contributed by atoms with Crippen LogP contribution in [0, 0.1) is 0 Å². The van der Waals surface area contributed by atoms with Crippen LogP contribution < -0.4 is 0 Å². The third kappa shape index (κ3) is 2.53. The third-order valence-electron chi connectivity index (χ3n) is 2.98. The maximum Gasteiger partial charge on any atom is 0.337 e. The van der Waals surface area contributed by atoms with E-state index in [9.17, 15) is 9.90 Å². The predicted octanol–water partition coefficient (Wildman–Crippen LogP) is 2.58. The van der Waals surface area contributed by atoms with Gasteiger partial charge in [0.1, 0.15) is 0 Å². The molecule has 3 rings (SSSR count). The number of hydrogen-bond donors (Lipinski definition) is 1. The molecule has 1 saturated carbocycles. The third-order valence-corrected chi connectivity index (χ3v) is 4.77. The van der Waals surface area contributed by atoms with Crippen molar-refractivity contribution in [1.29, 1.82) is 0 Å². The first-order chi connectivity index (χ1) is 9.70. The second-order valence-corrected chi connectivity index (χ2v) is 6.24. The molecule has 0 aliphatic heterocycles. The highest BCUT2D eigenvalue weighted by Crippen LogP contribution is 2.39. The molecule has 1 fully saturated rings. The van der Waals surface area contributed by atoms with Crippen molar-refractivity contribution >= 4 is 29.5 Å². The second-order valence-electron chi connectivity index (χ2n) is 4.38. The van der Waals surface area contributed by atoms with Gasteiger partial charge in [0.25, 0.3) is 0 Å². The number of carboxylic acid groups (broad SMARTS) is 1. The molecule has 0 saturated heterocycles. The molecule has 2 aromatic rings. The molecule has 1 N–H and O–H groups in total. The van der Waals surface area contributed by atoms with Gasteiger partial charge in [0, 0.05) is 9.79 Å². The lowest BCUT2D eigenvalue weighted by atomic mass is 10.2. The molecule has 8 heteroatoms. The van der Waals surface area contributed by atoms with Gasteiger partial charge < -0.3 is 5.11 Å². The van der Waals surface area contributed by atoms with Gasteiger partial charge in [-0.25, -0.2) is 9.48 Å². The van der Waals surface area contributed by atoms with Crippen LogP contribution in [0.2, 0.25) is 0 Å². The molecular weight excluding hydrogens is 296 g/mol. The number of thioether (sulfide) groups is 1. The molecular formula is C12H12N4O2S2. The van der Waals surface area contributed by atoms with E-state index in [2.05, 4.69) is 15.5 Å². The van der Waals surface area contributed by atoms with Gasteiger partial charge in [0.2, 0.25) is 5.16 Å². The zero-order valence-electron chi connectivity index (χ0n) is 10.7. The molecule has 1 aromatic heterocycles. The highest BCUT2D eigenvalue weighted by atomic mass is 32.2. The minimum atomic E-state index is -0.928. The molecule has 20 heavy (non-hydrogen) atoms. The summed E-state index contributed by atoms with van der Waals surface area (Å²) in [6.07, 6.45) is 4.02. The maximum absolute atomic E-state index is 11.5. The van der Waals surface area contributed by atoms with E-state index < -0.39 is 5.97 Å². The fourth-order valence-corrected chi connectivity index (χ4v) is 3.56. The van der Waals surface area contributed by atoms with Gasteiger partial charge in [-0.3, -0.25) is 0 Å². The Morgan fingerprint density at radius 2 is 2.15 bits per heavy atom. The zero-order valence-corrected chi connectivity index (χ0v) is 12.3. The summed E-state index contributed by atoms with van der Waals surface area (Å²) in [5.74, 6) is -0.928.